The minimum absolute atomic E-state index is 0.0883. The van der Waals surface area contributed by atoms with E-state index in [0.717, 1.165) is 54.9 Å². The molecule has 2 aliphatic rings. The van der Waals surface area contributed by atoms with Gasteiger partial charge in [0, 0.05) is 49.3 Å². The van der Waals surface area contributed by atoms with E-state index >= 15 is 0 Å². The Labute approximate surface area is 172 Å². The molecule has 2 heterocycles. The molecule has 1 aliphatic heterocycles. The molecule has 1 aromatic heterocycles. The number of benzene rings is 1. The Hall–Kier alpha value is -2.35. The van der Waals surface area contributed by atoms with Crippen molar-refractivity contribution < 1.29 is 18.4 Å². The van der Waals surface area contributed by atoms with Gasteiger partial charge in [0.2, 0.25) is 5.91 Å². The molecule has 29 heavy (non-hydrogen) atoms. The smallest absolute Gasteiger partial charge is 0.256 e. The Balaban J connectivity index is 1.27. The molecule has 4 rings (SSSR count). The first-order chi connectivity index (χ1) is 14.0. The van der Waals surface area contributed by atoms with Crippen molar-refractivity contribution >= 4 is 23.2 Å². The van der Waals surface area contributed by atoms with E-state index in [9.17, 15) is 18.4 Å². The number of piperidine rings is 1. The number of nitrogens with zero attached hydrogens (tertiary/aromatic N) is 2. The summed E-state index contributed by atoms with van der Waals surface area (Å²) in [6.45, 7) is 1.65. The van der Waals surface area contributed by atoms with Crippen LogP contribution in [0.15, 0.2) is 23.6 Å². The van der Waals surface area contributed by atoms with Crippen molar-refractivity contribution in [1.82, 2.24) is 15.2 Å². The summed E-state index contributed by atoms with van der Waals surface area (Å²) in [5.41, 5.74) is 0.891. The van der Waals surface area contributed by atoms with Crippen LogP contribution in [0.2, 0.25) is 0 Å². The first-order valence-corrected chi connectivity index (χ1v) is 10.9. The SMILES string of the molecule is O=C(NCCc1csc(C2CCN(C(=O)c3ccc(F)cc3F)CC2)n1)C1CC1. The van der Waals surface area contributed by atoms with Crippen LogP contribution in [0.3, 0.4) is 0 Å². The van der Waals surface area contributed by atoms with Crippen molar-refractivity contribution in [2.24, 2.45) is 5.92 Å². The molecule has 154 valence electrons. The predicted octanol–water partition coefficient (Wildman–Crippen LogP) is 3.51. The highest BCUT2D eigenvalue weighted by Crippen LogP contribution is 2.31. The number of hydrogen-bond donors (Lipinski definition) is 1. The van der Waals surface area contributed by atoms with Gasteiger partial charge in [-0.2, -0.15) is 0 Å². The van der Waals surface area contributed by atoms with E-state index in [1.54, 1.807) is 16.2 Å². The number of nitrogens with one attached hydrogen (secondary N) is 1. The Morgan fingerprint density at radius 2 is 1.93 bits per heavy atom. The summed E-state index contributed by atoms with van der Waals surface area (Å²) in [5, 5.41) is 6.03. The van der Waals surface area contributed by atoms with Gasteiger partial charge >= 0.3 is 0 Å². The number of thiazole rings is 1. The van der Waals surface area contributed by atoms with Crippen molar-refractivity contribution in [2.45, 2.75) is 38.0 Å². The van der Waals surface area contributed by atoms with Gasteiger partial charge in [-0.3, -0.25) is 9.59 Å². The fraction of sp³-hybridized carbons (Fsp3) is 0.476. The number of likely N-dealkylation sites (tertiary alicyclic amines) is 1. The molecule has 2 amide bonds. The second-order valence-corrected chi connectivity index (χ2v) is 8.57. The molecule has 2 fully saturated rings. The third-order valence-electron chi connectivity index (χ3n) is 5.49. The van der Waals surface area contributed by atoms with E-state index in [4.69, 9.17) is 4.98 Å². The fourth-order valence-corrected chi connectivity index (χ4v) is 4.62. The predicted molar refractivity (Wildman–Crippen MR) is 106 cm³/mol. The van der Waals surface area contributed by atoms with Gasteiger partial charge in [-0.15, -0.1) is 11.3 Å². The van der Waals surface area contributed by atoms with Crippen LogP contribution in [0.5, 0.6) is 0 Å². The summed E-state index contributed by atoms with van der Waals surface area (Å²) in [5.74, 6) is -1.27. The molecule has 1 aromatic carbocycles. The molecule has 5 nitrogen and oxygen atoms in total. The average molecular weight is 419 g/mol. The second-order valence-electron chi connectivity index (χ2n) is 7.68. The number of hydrogen-bond acceptors (Lipinski definition) is 4. The summed E-state index contributed by atoms with van der Waals surface area (Å²) in [6, 6.07) is 3.05. The maximum Gasteiger partial charge on any atom is 0.256 e. The molecule has 1 saturated heterocycles. The highest BCUT2D eigenvalue weighted by atomic mass is 32.1. The standard InChI is InChI=1S/C21H23F2N3O2S/c22-15-3-4-17(18(23)11-15)21(28)26-9-6-14(7-10-26)20-25-16(12-29-20)5-8-24-19(27)13-1-2-13/h3-4,11-14H,1-2,5-10H2,(H,24,27). The molecule has 1 saturated carbocycles. The van der Waals surface area contributed by atoms with E-state index in [1.165, 1.54) is 6.07 Å². The molecular weight excluding hydrogens is 396 g/mol. The number of rotatable bonds is 6. The number of halogens is 2. The van der Waals surface area contributed by atoms with Crippen LogP contribution >= 0.6 is 11.3 Å². The minimum atomic E-state index is -0.824. The molecular formula is C21H23F2N3O2S. The number of carbonyl (C=O) groups is 2. The van der Waals surface area contributed by atoms with Crippen LogP contribution in [0.25, 0.3) is 0 Å². The van der Waals surface area contributed by atoms with Crippen molar-refractivity contribution in [3.63, 3.8) is 0 Å². The van der Waals surface area contributed by atoms with E-state index in [-0.39, 0.29) is 23.3 Å². The summed E-state index contributed by atoms with van der Waals surface area (Å²) >= 11 is 1.61. The highest BCUT2D eigenvalue weighted by Gasteiger charge is 2.29. The largest absolute Gasteiger partial charge is 0.355 e. The van der Waals surface area contributed by atoms with Crippen molar-refractivity contribution in [3.8, 4) is 0 Å². The molecule has 0 unspecified atom stereocenters. The van der Waals surface area contributed by atoms with E-state index < -0.39 is 17.5 Å². The second kappa shape index (κ2) is 8.57. The van der Waals surface area contributed by atoms with E-state index in [0.29, 0.717) is 19.6 Å². The first kappa shape index (κ1) is 19.9. The summed E-state index contributed by atoms with van der Waals surface area (Å²) in [6.07, 6.45) is 4.25. The van der Waals surface area contributed by atoms with Gasteiger partial charge in [0.15, 0.2) is 0 Å². The maximum absolute atomic E-state index is 13.9. The topological polar surface area (TPSA) is 62.3 Å². The maximum atomic E-state index is 13.9. The lowest BCUT2D eigenvalue weighted by atomic mass is 9.97. The minimum Gasteiger partial charge on any atom is -0.355 e. The monoisotopic (exact) mass is 419 g/mol. The molecule has 2 aromatic rings. The lowest BCUT2D eigenvalue weighted by Crippen LogP contribution is -2.38. The molecule has 1 N–H and O–H groups in total. The molecule has 0 bridgehead atoms. The normalized spacial score (nSPS) is 17.4. The Kier molecular flexibility index (Phi) is 5.89. The lowest BCUT2D eigenvalue weighted by molar-refractivity contribution is -0.122. The van der Waals surface area contributed by atoms with Gasteiger partial charge < -0.3 is 10.2 Å². The van der Waals surface area contributed by atoms with Gasteiger partial charge in [-0.1, -0.05) is 0 Å². The zero-order valence-electron chi connectivity index (χ0n) is 16.0. The van der Waals surface area contributed by atoms with Crippen molar-refractivity contribution in [2.75, 3.05) is 19.6 Å². The molecule has 0 spiro atoms. The Morgan fingerprint density at radius 3 is 2.62 bits per heavy atom. The Bertz CT molecular complexity index is 905. The van der Waals surface area contributed by atoms with Gasteiger partial charge in [-0.05, 0) is 37.8 Å². The molecule has 0 atom stereocenters. The summed E-state index contributed by atoms with van der Waals surface area (Å²) < 4.78 is 26.9. The number of carbonyl (C=O) groups excluding carboxylic acids is 2. The van der Waals surface area contributed by atoms with Crippen molar-refractivity contribution in [3.05, 3.63) is 51.5 Å². The third kappa shape index (κ3) is 4.80. The van der Waals surface area contributed by atoms with Gasteiger partial charge in [-0.25, -0.2) is 13.8 Å². The van der Waals surface area contributed by atoms with Gasteiger partial charge in [0.1, 0.15) is 11.6 Å². The number of amides is 2. The number of aromatic nitrogens is 1. The first-order valence-electron chi connectivity index (χ1n) is 9.97. The quantitative estimate of drug-likeness (QED) is 0.780. The van der Waals surface area contributed by atoms with Crippen LogP contribution in [0, 0.1) is 17.6 Å². The lowest BCUT2D eigenvalue weighted by Gasteiger charge is -2.31. The van der Waals surface area contributed by atoms with E-state index in [2.05, 4.69) is 5.32 Å². The van der Waals surface area contributed by atoms with Crippen LogP contribution in [0.1, 0.15) is 52.7 Å². The highest BCUT2D eigenvalue weighted by molar-refractivity contribution is 7.09. The van der Waals surface area contributed by atoms with Gasteiger partial charge in [0.25, 0.3) is 5.91 Å². The van der Waals surface area contributed by atoms with E-state index in [1.807, 2.05) is 5.38 Å². The van der Waals surface area contributed by atoms with Crippen LogP contribution in [-0.4, -0.2) is 41.3 Å². The van der Waals surface area contributed by atoms with Crippen LogP contribution in [-0.2, 0) is 11.2 Å². The zero-order valence-corrected chi connectivity index (χ0v) is 16.8. The Morgan fingerprint density at radius 1 is 1.17 bits per heavy atom. The van der Waals surface area contributed by atoms with Crippen LogP contribution < -0.4 is 5.32 Å². The summed E-state index contributed by atoms with van der Waals surface area (Å²) in [7, 11) is 0. The van der Waals surface area contributed by atoms with Crippen LogP contribution in [0.4, 0.5) is 8.78 Å². The summed E-state index contributed by atoms with van der Waals surface area (Å²) in [4.78, 5) is 30.5. The average Bonchev–Trinajstić information content (AvgIpc) is 3.46. The van der Waals surface area contributed by atoms with Crippen molar-refractivity contribution in [1.29, 1.82) is 0 Å². The molecule has 0 radical (unpaired) electrons. The molecule has 1 aliphatic carbocycles. The molecule has 8 heteroatoms. The fourth-order valence-electron chi connectivity index (χ4n) is 3.59. The van der Waals surface area contributed by atoms with Gasteiger partial charge in [0.05, 0.1) is 16.3 Å². The third-order valence-corrected chi connectivity index (χ3v) is 6.55. The zero-order chi connectivity index (χ0) is 20.4.